The summed E-state index contributed by atoms with van der Waals surface area (Å²) in [7, 11) is -0.586. The van der Waals surface area contributed by atoms with Crippen LogP contribution in [-0.4, -0.2) is 49.2 Å². The molecule has 10 heteroatoms. The number of hydrogen-bond acceptors (Lipinski definition) is 8. The maximum absolute atomic E-state index is 13.2. The first kappa shape index (κ1) is 24.2. The van der Waals surface area contributed by atoms with Gasteiger partial charge < -0.3 is 9.32 Å². The Kier molecular flexibility index (Phi) is 6.92. The quantitative estimate of drug-likeness (QED) is 0.341. The van der Waals surface area contributed by atoms with Crippen LogP contribution in [0.4, 0.5) is 5.88 Å². The van der Waals surface area contributed by atoms with Crippen molar-refractivity contribution in [2.24, 2.45) is 0 Å². The number of oxazole rings is 1. The van der Waals surface area contributed by atoms with Crippen LogP contribution in [0.1, 0.15) is 17.0 Å². The Morgan fingerprint density at radius 3 is 2.44 bits per heavy atom. The first-order valence-electron chi connectivity index (χ1n) is 10.5. The van der Waals surface area contributed by atoms with Crippen molar-refractivity contribution in [2.45, 2.75) is 23.3 Å². The molecule has 2 heterocycles. The normalized spacial score (nSPS) is 15.4. The van der Waals surface area contributed by atoms with Crippen LogP contribution in [0, 0.1) is 6.92 Å². The lowest BCUT2D eigenvalue weighted by molar-refractivity contribution is -0.122. The van der Waals surface area contributed by atoms with Gasteiger partial charge in [-0.05, 0) is 31.0 Å². The first-order chi connectivity index (χ1) is 16.2. The van der Waals surface area contributed by atoms with Crippen molar-refractivity contribution in [3.05, 3.63) is 76.5 Å². The number of carbonyl (C=O) groups excluding carboxylic acids is 1. The summed E-state index contributed by atoms with van der Waals surface area (Å²) < 4.78 is 32.7. The predicted octanol–water partition coefficient (Wildman–Crippen LogP) is 4.33. The molecule has 34 heavy (non-hydrogen) atoms. The maximum atomic E-state index is 13.2. The number of aromatic nitrogens is 1. The molecule has 1 aliphatic heterocycles. The molecule has 3 aromatic rings. The molecule has 0 unspecified atom stereocenters. The van der Waals surface area contributed by atoms with Crippen LogP contribution in [0.3, 0.4) is 0 Å². The fraction of sp³-hybridized carbons (Fsp3) is 0.208. The molecule has 0 bridgehead atoms. The highest BCUT2D eigenvalue weighted by atomic mass is 32.2. The average molecular weight is 514 g/mol. The van der Waals surface area contributed by atoms with Gasteiger partial charge in [-0.25, -0.2) is 8.42 Å². The molecule has 0 spiro atoms. The van der Waals surface area contributed by atoms with Gasteiger partial charge >= 0.3 is 0 Å². The van der Waals surface area contributed by atoms with E-state index in [0.717, 1.165) is 22.9 Å². The van der Waals surface area contributed by atoms with E-state index < -0.39 is 9.84 Å². The molecule has 0 aliphatic carbocycles. The van der Waals surface area contributed by atoms with E-state index in [1.807, 2.05) is 37.3 Å². The summed E-state index contributed by atoms with van der Waals surface area (Å²) in [6.07, 6.45) is 2.12. The third-order valence-corrected chi connectivity index (χ3v) is 8.23. The number of amides is 1. The van der Waals surface area contributed by atoms with Gasteiger partial charge in [0.1, 0.15) is 4.32 Å². The molecular weight excluding hydrogens is 490 g/mol. The van der Waals surface area contributed by atoms with Gasteiger partial charge in [-0.2, -0.15) is 4.98 Å². The molecule has 1 aliphatic rings. The number of thiocarbonyl (C=S) groups is 1. The second-order valence-electron chi connectivity index (χ2n) is 7.94. The zero-order valence-electron chi connectivity index (χ0n) is 18.9. The predicted molar refractivity (Wildman–Crippen MR) is 137 cm³/mol. The number of rotatable bonds is 7. The van der Waals surface area contributed by atoms with E-state index in [1.165, 1.54) is 23.1 Å². The van der Waals surface area contributed by atoms with Crippen molar-refractivity contribution in [2.75, 3.05) is 25.5 Å². The fourth-order valence-corrected chi connectivity index (χ4v) is 6.01. The molecule has 0 N–H and O–H groups in total. The molecule has 1 saturated heterocycles. The van der Waals surface area contributed by atoms with Gasteiger partial charge in [0.15, 0.2) is 0 Å². The van der Waals surface area contributed by atoms with Gasteiger partial charge in [-0.3, -0.25) is 9.69 Å². The Hall–Kier alpha value is -2.95. The molecule has 1 aromatic heterocycles. The highest BCUT2D eigenvalue weighted by molar-refractivity contribution is 8.26. The molecule has 7 nitrogen and oxygen atoms in total. The Morgan fingerprint density at radius 1 is 1.12 bits per heavy atom. The molecule has 0 atom stereocenters. The number of hydrogen-bond donors (Lipinski definition) is 0. The Labute approximate surface area is 208 Å². The summed E-state index contributed by atoms with van der Waals surface area (Å²) in [5.41, 5.74) is 2.05. The Bertz CT molecular complexity index is 1360. The summed E-state index contributed by atoms with van der Waals surface area (Å²) in [4.78, 5) is 20.7. The molecule has 0 saturated carbocycles. The van der Waals surface area contributed by atoms with Gasteiger partial charge in [0.25, 0.3) is 5.91 Å². The summed E-state index contributed by atoms with van der Waals surface area (Å²) in [5.74, 6) is -0.136. The molecular formula is C24H23N3O4S3. The second kappa shape index (κ2) is 9.73. The molecule has 176 valence electrons. The van der Waals surface area contributed by atoms with E-state index in [9.17, 15) is 13.2 Å². The zero-order chi connectivity index (χ0) is 24.5. The number of thioether (sulfide) groups is 1. The standard InChI is InChI=1S/C24H23N3O4S3/c1-16-9-11-18(12-10-16)34(29,30)21-23(26(2)3)31-20(25-21)15-19-22(28)27(24(32)33-19)14-13-17-7-5-4-6-8-17/h4-12,15H,13-14H2,1-3H3. The third-order valence-electron chi connectivity index (χ3n) is 5.18. The van der Waals surface area contributed by atoms with Gasteiger partial charge in [-0.15, -0.1) is 0 Å². The molecule has 2 aromatic carbocycles. The van der Waals surface area contributed by atoms with E-state index in [4.69, 9.17) is 16.6 Å². The van der Waals surface area contributed by atoms with Crippen LogP contribution < -0.4 is 4.90 Å². The lowest BCUT2D eigenvalue weighted by atomic mass is 10.1. The maximum Gasteiger partial charge on any atom is 0.266 e. The summed E-state index contributed by atoms with van der Waals surface area (Å²) in [6, 6.07) is 16.4. The topological polar surface area (TPSA) is 83.7 Å². The largest absolute Gasteiger partial charge is 0.420 e. The minimum Gasteiger partial charge on any atom is -0.420 e. The summed E-state index contributed by atoms with van der Waals surface area (Å²) in [6.45, 7) is 2.33. The SMILES string of the molecule is Cc1ccc(S(=O)(=O)c2nc(C=C3SC(=S)N(CCc4ccccc4)C3=O)oc2N(C)C)cc1. The number of benzene rings is 2. The number of aryl methyl sites for hydroxylation is 1. The van der Waals surface area contributed by atoms with Crippen molar-refractivity contribution < 1.29 is 17.6 Å². The van der Waals surface area contributed by atoms with Crippen molar-refractivity contribution in [3.8, 4) is 0 Å². The number of carbonyl (C=O) groups is 1. The van der Waals surface area contributed by atoms with Gasteiger partial charge in [0.2, 0.25) is 26.6 Å². The highest BCUT2D eigenvalue weighted by Gasteiger charge is 2.33. The summed E-state index contributed by atoms with van der Waals surface area (Å²) in [5, 5.41) is -0.202. The van der Waals surface area contributed by atoms with E-state index in [0.29, 0.717) is 22.2 Å². The van der Waals surface area contributed by atoms with Crippen LogP contribution in [-0.2, 0) is 21.1 Å². The van der Waals surface area contributed by atoms with Crippen molar-refractivity contribution >= 4 is 56.0 Å². The smallest absolute Gasteiger partial charge is 0.266 e. The van der Waals surface area contributed by atoms with Crippen molar-refractivity contribution in [1.82, 2.24) is 9.88 Å². The monoisotopic (exact) mass is 513 g/mol. The Morgan fingerprint density at radius 2 is 1.79 bits per heavy atom. The highest BCUT2D eigenvalue weighted by Crippen LogP contribution is 2.35. The minimum atomic E-state index is -3.92. The molecule has 1 fully saturated rings. The lowest BCUT2D eigenvalue weighted by Gasteiger charge is -2.14. The van der Waals surface area contributed by atoms with Gasteiger partial charge in [-0.1, -0.05) is 72.0 Å². The summed E-state index contributed by atoms with van der Waals surface area (Å²) >= 11 is 6.55. The minimum absolute atomic E-state index is 0.0259. The zero-order valence-corrected chi connectivity index (χ0v) is 21.3. The Balaban J connectivity index is 1.61. The molecule has 0 radical (unpaired) electrons. The van der Waals surface area contributed by atoms with E-state index in [1.54, 1.807) is 31.1 Å². The van der Waals surface area contributed by atoms with E-state index in [-0.39, 0.29) is 27.6 Å². The molecule has 4 rings (SSSR count). The van der Waals surface area contributed by atoms with E-state index in [2.05, 4.69) is 4.98 Å². The van der Waals surface area contributed by atoms with Crippen LogP contribution in [0.5, 0.6) is 0 Å². The van der Waals surface area contributed by atoms with Crippen LogP contribution in [0.2, 0.25) is 0 Å². The third kappa shape index (κ3) is 4.94. The molecule has 1 amide bonds. The van der Waals surface area contributed by atoms with Crippen LogP contribution in [0.25, 0.3) is 6.08 Å². The van der Waals surface area contributed by atoms with Crippen LogP contribution >= 0.6 is 24.0 Å². The number of nitrogens with zero attached hydrogens (tertiary/aromatic N) is 3. The van der Waals surface area contributed by atoms with Crippen molar-refractivity contribution in [1.29, 1.82) is 0 Å². The lowest BCUT2D eigenvalue weighted by Crippen LogP contribution is -2.30. The average Bonchev–Trinajstić information content (AvgIpc) is 3.35. The van der Waals surface area contributed by atoms with Gasteiger partial charge in [0.05, 0.1) is 9.80 Å². The van der Waals surface area contributed by atoms with Gasteiger partial charge in [0, 0.05) is 26.7 Å². The number of anilines is 1. The second-order valence-corrected chi connectivity index (χ2v) is 11.5. The van der Waals surface area contributed by atoms with Crippen molar-refractivity contribution in [3.63, 3.8) is 0 Å². The fourth-order valence-electron chi connectivity index (χ4n) is 3.35. The van der Waals surface area contributed by atoms with E-state index >= 15 is 0 Å². The first-order valence-corrected chi connectivity index (χ1v) is 13.2. The number of sulfone groups is 1. The van der Waals surface area contributed by atoms with Crippen LogP contribution in [0.15, 0.2) is 73.8 Å².